The van der Waals surface area contributed by atoms with Gasteiger partial charge in [-0.15, -0.1) is 6.58 Å². The normalized spacial score (nSPS) is 17.6. The fourth-order valence-corrected chi connectivity index (χ4v) is 5.39. The molecular formula is C31H36F2N6O. The number of alkyl halides is 2. The average Bonchev–Trinajstić information content (AvgIpc) is 3.78. The summed E-state index contributed by atoms with van der Waals surface area (Å²) >= 11 is 0. The van der Waals surface area contributed by atoms with Crippen LogP contribution in [0.1, 0.15) is 74.6 Å². The van der Waals surface area contributed by atoms with Crippen LogP contribution in [0.25, 0.3) is 11.0 Å². The van der Waals surface area contributed by atoms with Gasteiger partial charge in [0, 0.05) is 23.1 Å². The molecule has 1 aliphatic carbocycles. The smallest absolute Gasteiger partial charge is 0.276 e. The number of anilines is 1. The monoisotopic (exact) mass is 546 g/mol. The van der Waals surface area contributed by atoms with Crippen molar-refractivity contribution in [2.24, 2.45) is 5.92 Å². The molecule has 2 fully saturated rings. The third-order valence-electron chi connectivity index (χ3n) is 8.09. The molecule has 1 atom stereocenters. The molecule has 210 valence electrons. The number of nitrogens with zero attached hydrogens (tertiary/aromatic N) is 4. The van der Waals surface area contributed by atoms with E-state index in [2.05, 4.69) is 33.2 Å². The summed E-state index contributed by atoms with van der Waals surface area (Å²) < 4.78 is 36.8. The third-order valence-corrected chi connectivity index (χ3v) is 8.09. The summed E-state index contributed by atoms with van der Waals surface area (Å²) in [5.74, 6) is -2.59. The lowest BCUT2D eigenvalue weighted by molar-refractivity contribution is -0.0754. The Morgan fingerprint density at radius 3 is 2.77 bits per heavy atom. The lowest BCUT2D eigenvalue weighted by Crippen LogP contribution is -2.36. The van der Waals surface area contributed by atoms with Crippen LogP contribution in [0.3, 0.4) is 0 Å². The van der Waals surface area contributed by atoms with E-state index < -0.39 is 17.3 Å². The SMILES string of the molecule is C=CCCCCOc1nc2ncnc(NC(C)c3cccc(C(F)(F)C4CCNCC4)c3)c2cc1C1(C#N)CC1. The van der Waals surface area contributed by atoms with Gasteiger partial charge in [-0.2, -0.15) is 10.2 Å². The van der Waals surface area contributed by atoms with E-state index in [1.54, 1.807) is 12.1 Å². The fourth-order valence-electron chi connectivity index (χ4n) is 5.39. The Bertz CT molecular complexity index is 1390. The van der Waals surface area contributed by atoms with E-state index in [0.29, 0.717) is 55.3 Å². The Morgan fingerprint density at radius 1 is 1.25 bits per heavy atom. The Labute approximate surface area is 234 Å². The van der Waals surface area contributed by atoms with Crippen LogP contribution in [0.4, 0.5) is 14.6 Å². The maximum absolute atomic E-state index is 15.4. The molecule has 0 bridgehead atoms. The first-order valence-corrected chi connectivity index (χ1v) is 14.1. The lowest BCUT2D eigenvalue weighted by atomic mass is 9.86. The van der Waals surface area contributed by atoms with Crippen molar-refractivity contribution in [3.63, 3.8) is 0 Å². The van der Waals surface area contributed by atoms with Crippen LogP contribution in [0.5, 0.6) is 5.88 Å². The van der Waals surface area contributed by atoms with Gasteiger partial charge in [0.25, 0.3) is 5.92 Å². The quantitative estimate of drug-likeness (QED) is 0.196. The van der Waals surface area contributed by atoms with Gasteiger partial charge in [-0.3, -0.25) is 0 Å². The van der Waals surface area contributed by atoms with E-state index in [9.17, 15) is 5.26 Å². The molecule has 3 aromatic rings. The second kappa shape index (κ2) is 11.8. The molecule has 9 heteroatoms. The van der Waals surface area contributed by atoms with Crippen LogP contribution >= 0.6 is 0 Å². The van der Waals surface area contributed by atoms with E-state index in [-0.39, 0.29) is 11.6 Å². The second-order valence-corrected chi connectivity index (χ2v) is 10.9. The summed E-state index contributed by atoms with van der Waals surface area (Å²) in [6, 6.07) is 10.7. The van der Waals surface area contributed by atoms with Crippen molar-refractivity contribution in [3.05, 3.63) is 66.0 Å². The number of pyridine rings is 1. The number of hydrogen-bond donors (Lipinski definition) is 2. The number of nitrogens with one attached hydrogen (secondary N) is 2. The highest BCUT2D eigenvalue weighted by Crippen LogP contribution is 2.51. The van der Waals surface area contributed by atoms with Crippen molar-refractivity contribution >= 4 is 16.9 Å². The number of fused-ring (bicyclic) bond motifs is 1. The second-order valence-electron chi connectivity index (χ2n) is 10.9. The molecule has 3 heterocycles. The minimum absolute atomic E-state index is 0.0432. The number of nitriles is 1. The highest BCUT2D eigenvalue weighted by atomic mass is 19.3. The van der Waals surface area contributed by atoms with Crippen molar-refractivity contribution < 1.29 is 13.5 Å². The zero-order valence-corrected chi connectivity index (χ0v) is 22.9. The minimum Gasteiger partial charge on any atom is -0.477 e. The van der Waals surface area contributed by atoms with Crippen LogP contribution in [0.15, 0.2) is 49.3 Å². The van der Waals surface area contributed by atoms with Gasteiger partial charge in [0.1, 0.15) is 12.1 Å². The van der Waals surface area contributed by atoms with Crippen molar-refractivity contribution in [2.45, 2.75) is 69.2 Å². The van der Waals surface area contributed by atoms with Gasteiger partial charge in [0.05, 0.1) is 23.5 Å². The highest BCUT2D eigenvalue weighted by molar-refractivity contribution is 5.88. The molecule has 1 aliphatic heterocycles. The molecule has 0 amide bonds. The van der Waals surface area contributed by atoms with Crippen molar-refractivity contribution in [1.82, 2.24) is 20.3 Å². The zero-order valence-electron chi connectivity index (χ0n) is 22.9. The van der Waals surface area contributed by atoms with E-state index in [1.165, 1.54) is 12.4 Å². The number of rotatable bonds is 12. The first kappa shape index (κ1) is 27.9. The van der Waals surface area contributed by atoms with Gasteiger partial charge in [0.2, 0.25) is 5.88 Å². The third kappa shape index (κ3) is 5.78. The minimum atomic E-state index is -2.89. The van der Waals surface area contributed by atoms with Crippen molar-refractivity contribution in [2.75, 3.05) is 25.0 Å². The topological polar surface area (TPSA) is 95.8 Å². The number of aromatic nitrogens is 3. The van der Waals surface area contributed by atoms with Crippen LogP contribution in [-0.4, -0.2) is 34.6 Å². The van der Waals surface area contributed by atoms with Gasteiger partial charge in [-0.05, 0) is 82.7 Å². The predicted octanol–water partition coefficient (Wildman–Crippen LogP) is 6.58. The Balaban J connectivity index is 1.41. The molecule has 0 radical (unpaired) electrons. The fraction of sp³-hybridized carbons (Fsp3) is 0.484. The van der Waals surface area contributed by atoms with E-state index in [4.69, 9.17) is 9.72 Å². The number of benzene rings is 1. The van der Waals surface area contributed by atoms with Crippen LogP contribution in [-0.2, 0) is 11.3 Å². The Morgan fingerprint density at radius 2 is 2.05 bits per heavy atom. The summed E-state index contributed by atoms with van der Waals surface area (Å²) in [6.07, 6.45) is 8.46. The first-order chi connectivity index (χ1) is 19.4. The molecule has 2 aliphatic rings. The summed E-state index contributed by atoms with van der Waals surface area (Å²) in [5.41, 5.74) is 1.36. The molecule has 40 heavy (non-hydrogen) atoms. The summed E-state index contributed by atoms with van der Waals surface area (Å²) in [4.78, 5) is 13.5. The molecule has 0 spiro atoms. The predicted molar refractivity (Wildman–Crippen MR) is 151 cm³/mol. The number of halogens is 2. The molecule has 7 nitrogen and oxygen atoms in total. The number of ether oxygens (including phenoxy) is 1. The summed E-state index contributed by atoms with van der Waals surface area (Å²) in [6.45, 7) is 7.40. The molecule has 5 rings (SSSR count). The molecule has 1 unspecified atom stereocenters. The van der Waals surface area contributed by atoms with E-state index in [0.717, 1.165) is 43.2 Å². The largest absolute Gasteiger partial charge is 0.477 e. The van der Waals surface area contributed by atoms with Gasteiger partial charge in [-0.25, -0.2) is 18.7 Å². The number of allylic oxidation sites excluding steroid dienone is 1. The summed E-state index contributed by atoms with van der Waals surface area (Å²) in [5, 5.41) is 17.2. The standard InChI is InChI=1S/C31H36F2N6O/c1-3-4-5-6-16-40-29-26(30(19-34)12-13-30)18-25-27(36-20-37-28(25)39-29)38-21(2)22-8-7-9-24(17-22)31(32,33)23-10-14-35-15-11-23/h3,7-9,17-18,20-21,23,35H,1,4-6,10-16H2,2H3,(H,36,37,38,39). The van der Waals surface area contributed by atoms with Crippen molar-refractivity contribution in [3.8, 4) is 11.9 Å². The Kier molecular flexibility index (Phi) is 8.27. The number of piperidine rings is 1. The molecule has 1 saturated carbocycles. The van der Waals surface area contributed by atoms with E-state index >= 15 is 8.78 Å². The van der Waals surface area contributed by atoms with Gasteiger partial charge in [0.15, 0.2) is 5.65 Å². The zero-order chi connectivity index (χ0) is 28.2. The van der Waals surface area contributed by atoms with Gasteiger partial charge >= 0.3 is 0 Å². The first-order valence-electron chi connectivity index (χ1n) is 14.1. The van der Waals surface area contributed by atoms with Crippen LogP contribution in [0.2, 0.25) is 0 Å². The highest BCUT2D eigenvalue weighted by Gasteiger charge is 2.48. The van der Waals surface area contributed by atoms with Gasteiger partial charge < -0.3 is 15.4 Å². The van der Waals surface area contributed by atoms with Crippen LogP contribution in [0, 0.1) is 17.2 Å². The maximum Gasteiger partial charge on any atom is 0.276 e. The Hall–Kier alpha value is -3.64. The number of unbranched alkanes of at least 4 members (excludes halogenated alkanes) is 2. The maximum atomic E-state index is 15.4. The lowest BCUT2D eigenvalue weighted by Gasteiger charge is -2.31. The molecule has 2 N–H and O–H groups in total. The molecule has 1 aromatic carbocycles. The molecule has 2 aromatic heterocycles. The van der Waals surface area contributed by atoms with Crippen LogP contribution < -0.4 is 15.4 Å². The van der Waals surface area contributed by atoms with Crippen molar-refractivity contribution in [1.29, 1.82) is 5.26 Å². The van der Waals surface area contributed by atoms with E-state index in [1.807, 2.05) is 25.1 Å². The number of hydrogen-bond acceptors (Lipinski definition) is 7. The summed E-state index contributed by atoms with van der Waals surface area (Å²) in [7, 11) is 0. The van der Waals surface area contributed by atoms with Gasteiger partial charge in [-0.1, -0.05) is 24.3 Å². The molecular weight excluding hydrogens is 510 g/mol. The molecule has 1 saturated heterocycles. The average molecular weight is 547 g/mol.